The maximum atomic E-state index is 3.52. The van der Waals surface area contributed by atoms with Gasteiger partial charge in [-0.1, -0.05) is 51.1 Å². The smallest absolute Gasteiger partial charge is 0.0381 e. The molecule has 1 aliphatic heterocycles. The van der Waals surface area contributed by atoms with Gasteiger partial charge in [-0.25, -0.2) is 0 Å². The van der Waals surface area contributed by atoms with E-state index in [1.165, 1.54) is 25.1 Å². The van der Waals surface area contributed by atoms with Crippen molar-refractivity contribution in [2.45, 2.75) is 33.2 Å². The summed E-state index contributed by atoms with van der Waals surface area (Å²) >= 11 is 0. The van der Waals surface area contributed by atoms with Crippen molar-refractivity contribution in [2.24, 2.45) is 11.3 Å². The fourth-order valence-corrected chi connectivity index (χ4v) is 3.49. The molecule has 2 nitrogen and oxygen atoms in total. The highest BCUT2D eigenvalue weighted by molar-refractivity contribution is 5.21. The standard InChI is InChI=1S/C17H28N2/c1-14-10-11-19(12-14)13-17(2,3)16(18-4)15-8-6-5-7-9-15/h5-9,14,16,18H,10-13H2,1-4H3. The van der Waals surface area contributed by atoms with Crippen molar-refractivity contribution >= 4 is 0 Å². The van der Waals surface area contributed by atoms with Crippen LogP contribution < -0.4 is 5.32 Å². The van der Waals surface area contributed by atoms with E-state index in [2.05, 4.69) is 68.4 Å². The van der Waals surface area contributed by atoms with E-state index in [-0.39, 0.29) is 5.41 Å². The van der Waals surface area contributed by atoms with Crippen molar-refractivity contribution in [2.75, 3.05) is 26.7 Å². The lowest BCUT2D eigenvalue weighted by molar-refractivity contribution is 0.158. The topological polar surface area (TPSA) is 15.3 Å². The van der Waals surface area contributed by atoms with Gasteiger partial charge in [0.15, 0.2) is 0 Å². The number of benzene rings is 1. The van der Waals surface area contributed by atoms with Gasteiger partial charge in [0.25, 0.3) is 0 Å². The van der Waals surface area contributed by atoms with Crippen LogP contribution in [0, 0.1) is 11.3 Å². The molecule has 0 saturated carbocycles. The predicted molar refractivity (Wildman–Crippen MR) is 82.2 cm³/mol. The molecule has 2 unspecified atom stereocenters. The molecule has 0 radical (unpaired) electrons. The SMILES string of the molecule is CNC(c1ccccc1)C(C)(C)CN1CCC(C)C1. The minimum absolute atomic E-state index is 0.236. The quantitative estimate of drug-likeness (QED) is 0.873. The van der Waals surface area contributed by atoms with E-state index in [0.29, 0.717) is 6.04 Å². The van der Waals surface area contributed by atoms with Crippen LogP contribution in [0.25, 0.3) is 0 Å². The van der Waals surface area contributed by atoms with Gasteiger partial charge < -0.3 is 10.2 Å². The van der Waals surface area contributed by atoms with Gasteiger partial charge >= 0.3 is 0 Å². The third-order valence-electron chi connectivity index (χ3n) is 4.34. The molecule has 1 aromatic carbocycles. The zero-order chi connectivity index (χ0) is 13.9. The van der Waals surface area contributed by atoms with Crippen molar-refractivity contribution in [3.05, 3.63) is 35.9 Å². The fourth-order valence-electron chi connectivity index (χ4n) is 3.49. The molecular formula is C17H28N2. The highest BCUT2D eigenvalue weighted by Crippen LogP contribution is 2.35. The Balaban J connectivity index is 2.08. The third-order valence-corrected chi connectivity index (χ3v) is 4.34. The molecule has 106 valence electrons. The molecule has 0 bridgehead atoms. The van der Waals surface area contributed by atoms with Gasteiger partial charge in [-0.3, -0.25) is 0 Å². The van der Waals surface area contributed by atoms with Crippen LogP contribution in [0.1, 0.15) is 38.8 Å². The zero-order valence-electron chi connectivity index (χ0n) is 12.8. The van der Waals surface area contributed by atoms with Gasteiger partial charge in [0.1, 0.15) is 0 Å². The maximum Gasteiger partial charge on any atom is 0.0381 e. The Hall–Kier alpha value is -0.860. The molecule has 0 amide bonds. The predicted octanol–water partition coefficient (Wildman–Crippen LogP) is 3.32. The van der Waals surface area contributed by atoms with Crippen LogP contribution in [0.3, 0.4) is 0 Å². The van der Waals surface area contributed by atoms with Crippen LogP contribution in [0.5, 0.6) is 0 Å². The molecule has 1 heterocycles. The monoisotopic (exact) mass is 260 g/mol. The largest absolute Gasteiger partial charge is 0.313 e. The number of rotatable bonds is 5. The minimum Gasteiger partial charge on any atom is -0.313 e. The molecule has 2 heteroatoms. The molecule has 2 rings (SSSR count). The first-order valence-electron chi connectivity index (χ1n) is 7.47. The lowest BCUT2D eigenvalue weighted by Crippen LogP contribution is -2.41. The Morgan fingerprint density at radius 1 is 1.32 bits per heavy atom. The molecule has 0 spiro atoms. The summed E-state index contributed by atoms with van der Waals surface area (Å²) in [5, 5.41) is 3.52. The molecule has 1 aliphatic rings. The van der Waals surface area contributed by atoms with Crippen LogP contribution in [0.4, 0.5) is 0 Å². The van der Waals surface area contributed by atoms with E-state index in [1.54, 1.807) is 0 Å². The summed E-state index contributed by atoms with van der Waals surface area (Å²) in [6, 6.07) is 11.2. The van der Waals surface area contributed by atoms with Crippen LogP contribution in [-0.2, 0) is 0 Å². The average molecular weight is 260 g/mol. The maximum absolute atomic E-state index is 3.52. The van der Waals surface area contributed by atoms with E-state index in [4.69, 9.17) is 0 Å². The molecular weight excluding hydrogens is 232 g/mol. The summed E-state index contributed by atoms with van der Waals surface area (Å²) in [7, 11) is 2.08. The summed E-state index contributed by atoms with van der Waals surface area (Å²) in [6.45, 7) is 10.8. The van der Waals surface area contributed by atoms with Crippen molar-refractivity contribution in [3.63, 3.8) is 0 Å². The van der Waals surface area contributed by atoms with Crippen LogP contribution in [-0.4, -0.2) is 31.6 Å². The molecule has 0 aromatic heterocycles. The Kier molecular flexibility index (Phi) is 4.64. The van der Waals surface area contributed by atoms with Crippen molar-refractivity contribution in [3.8, 4) is 0 Å². The summed E-state index contributed by atoms with van der Waals surface area (Å²) < 4.78 is 0. The molecule has 2 atom stereocenters. The van der Waals surface area contributed by atoms with Crippen molar-refractivity contribution in [1.82, 2.24) is 10.2 Å². The number of nitrogens with zero attached hydrogens (tertiary/aromatic N) is 1. The van der Waals surface area contributed by atoms with Gasteiger partial charge in [0, 0.05) is 19.1 Å². The molecule has 1 aromatic rings. The first-order chi connectivity index (χ1) is 9.03. The third kappa shape index (κ3) is 3.58. The van der Waals surface area contributed by atoms with Crippen LogP contribution in [0.2, 0.25) is 0 Å². The normalized spacial score (nSPS) is 22.6. The Labute approximate surface area is 118 Å². The Morgan fingerprint density at radius 2 is 2.00 bits per heavy atom. The van der Waals surface area contributed by atoms with E-state index in [0.717, 1.165) is 12.5 Å². The highest BCUT2D eigenvalue weighted by Gasteiger charge is 2.33. The van der Waals surface area contributed by atoms with Gasteiger partial charge in [0.05, 0.1) is 0 Å². The summed E-state index contributed by atoms with van der Waals surface area (Å²) in [4.78, 5) is 2.62. The molecule has 1 saturated heterocycles. The van der Waals surface area contributed by atoms with E-state index in [9.17, 15) is 0 Å². The van der Waals surface area contributed by atoms with Gasteiger partial charge in [-0.2, -0.15) is 0 Å². The second-order valence-electron chi connectivity index (χ2n) is 6.75. The van der Waals surface area contributed by atoms with E-state index < -0.39 is 0 Å². The number of hydrogen-bond donors (Lipinski definition) is 1. The fraction of sp³-hybridized carbons (Fsp3) is 0.647. The van der Waals surface area contributed by atoms with Gasteiger partial charge in [-0.15, -0.1) is 0 Å². The van der Waals surface area contributed by atoms with Gasteiger partial charge in [0.2, 0.25) is 0 Å². The Bertz CT molecular complexity index is 386. The second-order valence-corrected chi connectivity index (χ2v) is 6.75. The summed E-state index contributed by atoms with van der Waals surface area (Å²) in [5.41, 5.74) is 1.63. The molecule has 19 heavy (non-hydrogen) atoms. The first kappa shape index (κ1) is 14.5. The molecule has 1 fully saturated rings. The summed E-state index contributed by atoms with van der Waals surface area (Å²) in [6.07, 6.45) is 1.35. The van der Waals surface area contributed by atoms with Crippen LogP contribution >= 0.6 is 0 Å². The van der Waals surface area contributed by atoms with Gasteiger partial charge in [-0.05, 0) is 36.9 Å². The van der Waals surface area contributed by atoms with Crippen molar-refractivity contribution in [1.29, 1.82) is 0 Å². The average Bonchev–Trinajstić information content (AvgIpc) is 2.75. The highest BCUT2D eigenvalue weighted by atomic mass is 15.2. The van der Waals surface area contributed by atoms with E-state index in [1.807, 2.05) is 0 Å². The first-order valence-corrected chi connectivity index (χ1v) is 7.47. The van der Waals surface area contributed by atoms with Crippen molar-refractivity contribution < 1.29 is 0 Å². The number of likely N-dealkylation sites (tertiary alicyclic amines) is 1. The summed E-state index contributed by atoms with van der Waals surface area (Å²) in [5.74, 6) is 0.862. The lowest BCUT2D eigenvalue weighted by Gasteiger charge is -2.38. The zero-order valence-corrected chi connectivity index (χ0v) is 12.8. The molecule has 0 aliphatic carbocycles. The van der Waals surface area contributed by atoms with E-state index >= 15 is 0 Å². The minimum atomic E-state index is 0.236. The van der Waals surface area contributed by atoms with Crippen LogP contribution in [0.15, 0.2) is 30.3 Å². The Morgan fingerprint density at radius 3 is 2.53 bits per heavy atom. The number of nitrogens with one attached hydrogen (secondary N) is 1. The second kappa shape index (κ2) is 6.06. The lowest BCUT2D eigenvalue weighted by atomic mass is 9.80. The number of hydrogen-bond acceptors (Lipinski definition) is 2. The molecule has 1 N–H and O–H groups in total.